The minimum Gasteiger partial charge on any atom is -0.445 e. The number of likely N-dealkylation sites (N-methyl/N-ethyl adjacent to an activating group) is 2. The Morgan fingerprint density at radius 1 is 0.955 bits per heavy atom. The SMILES string of the molecule is CCC(=O)N(C)CCN(C)C(=O)OCc1ccc(CC)cc1. The highest BCUT2D eigenvalue weighted by Crippen LogP contribution is 2.07. The van der Waals surface area contributed by atoms with Crippen LogP contribution < -0.4 is 0 Å². The van der Waals surface area contributed by atoms with Gasteiger partial charge in [-0.05, 0) is 17.5 Å². The molecule has 0 bridgehead atoms. The van der Waals surface area contributed by atoms with Gasteiger partial charge in [0.1, 0.15) is 6.61 Å². The number of nitrogens with zero attached hydrogens (tertiary/aromatic N) is 2. The van der Waals surface area contributed by atoms with Crippen LogP contribution in [0.4, 0.5) is 4.79 Å². The van der Waals surface area contributed by atoms with E-state index in [1.165, 1.54) is 10.5 Å². The van der Waals surface area contributed by atoms with E-state index in [0.29, 0.717) is 19.5 Å². The maximum absolute atomic E-state index is 11.9. The van der Waals surface area contributed by atoms with E-state index < -0.39 is 0 Å². The molecule has 22 heavy (non-hydrogen) atoms. The Labute approximate surface area is 132 Å². The van der Waals surface area contributed by atoms with E-state index >= 15 is 0 Å². The molecule has 0 radical (unpaired) electrons. The number of aryl methyl sites for hydroxylation is 1. The van der Waals surface area contributed by atoms with Crippen LogP contribution in [0.1, 0.15) is 31.4 Å². The first-order valence-corrected chi connectivity index (χ1v) is 7.67. The third-order valence-electron chi connectivity index (χ3n) is 3.60. The number of ether oxygens (including phenoxy) is 1. The molecule has 0 aliphatic heterocycles. The molecule has 5 heteroatoms. The molecule has 0 aliphatic carbocycles. The van der Waals surface area contributed by atoms with Crippen LogP contribution in [0.3, 0.4) is 0 Å². The first kappa shape index (κ1) is 18.0. The molecule has 1 aromatic rings. The maximum Gasteiger partial charge on any atom is 0.409 e. The van der Waals surface area contributed by atoms with Crippen LogP contribution in [-0.2, 0) is 22.6 Å². The minimum absolute atomic E-state index is 0.0674. The summed E-state index contributed by atoms with van der Waals surface area (Å²) in [6.07, 6.45) is 1.09. The zero-order chi connectivity index (χ0) is 16.5. The second kappa shape index (κ2) is 9.07. The van der Waals surface area contributed by atoms with Crippen LogP contribution in [-0.4, -0.2) is 49.0 Å². The van der Waals surface area contributed by atoms with Crippen molar-refractivity contribution in [3.05, 3.63) is 35.4 Å². The summed E-state index contributed by atoms with van der Waals surface area (Å²) in [6, 6.07) is 8.02. The fraction of sp³-hybridized carbons (Fsp3) is 0.529. The number of amides is 2. The topological polar surface area (TPSA) is 49.9 Å². The number of hydrogen-bond donors (Lipinski definition) is 0. The lowest BCUT2D eigenvalue weighted by Gasteiger charge is -2.21. The molecule has 0 atom stereocenters. The molecule has 5 nitrogen and oxygen atoms in total. The van der Waals surface area contributed by atoms with Crippen molar-refractivity contribution in [1.29, 1.82) is 0 Å². The minimum atomic E-state index is -0.378. The number of carbonyl (C=O) groups is 2. The summed E-state index contributed by atoms with van der Waals surface area (Å²) >= 11 is 0. The molecule has 0 aliphatic rings. The number of hydrogen-bond acceptors (Lipinski definition) is 3. The second-order valence-electron chi connectivity index (χ2n) is 5.32. The van der Waals surface area contributed by atoms with E-state index in [4.69, 9.17) is 4.74 Å². The lowest BCUT2D eigenvalue weighted by atomic mass is 10.1. The molecule has 2 amide bonds. The van der Waals surface area contributed by atoms with Crippen LogP contribution in [0.2, 0.25) is 0 Å². The smallest absolute Gasteiger partial charge is 0.409 e. The summed E-state index contributed by atoms with van der Waals surface area (Å²) < 4.78 is 5.27. The predicted molar refractivity (Wildman–Crippen MR) is 86.6 cm³/mol. The molecule has 1 aromatic carbocycles. The van der Waals surface area contributed by atoms with E-state index in [9.17, 15) is 9.59 Å². The standard InChI is InChI=1S/C17H26N2O3/c1-5-14-7-9-15(10-8-14)13-22-17(21)19(4)12-11-18(3)16(20)6-2/h7-10H,5-6,11-13H2,1-4H3. The van der Waals surface area contributed by atoms with Crippen LogP contribution in [0, 0.1) is 0 Å². The maximum atomic E-state index is 11.9. The monoisotopic (exact) mass is 306 g/mol. The van der Waals surface area contributed by atoms with Gasteiger partial charge in [-0.15, -0.1) is 0 Å². The molecule has 122 valence electrons. The summed E-state index contributed by atoms with van der Waals surface area (Å²) in [5.41, 5.74) is 2.23. The summed E-state index contributed by atoms with van der Waals surface area (Å²) in [5, 5.41) is 0. The normalized spacial score (nSPS) is 10.2. The highest BCUT2D eigenvalue weighted by molar-refractivity contribution is 5.75. The van der Waals surface area contributed by atoms with Gasteiger partial charge in [-0.25, -0.2) is 4.79 Å². The van der Waals surface area contributed by atoms with Crippen molar-refractivity contribution in [2.45, 2.75) is 33.3 Å². The Kier molecular flexibility index (Phi) is 7.43. The molecular formula is C17H26N2O3. The molecule has 1 rings (SSSR count). The van der Waals surface area contributed by atoms with Crippen molar-refractivity contribution in [1.82, 2.24) is 9.80 Å². The van der Waals surface area contributed by atoms with Gasteiger partial charge in [0, 0.05) is 33.6 Å². The zero-order valence-corrected chi connectivity index (χ0v) is 14.0. The highest BCUT2D eigenvalue weighted by atomic mass is 16.6. The van der Waals surface area contributed by atoms with Crippen molar-refractivity contribution < 1.29 is 14.3 Å². The summed E-state index contributed by atoms with van der Waals surface area (Å²) in [4.78, 5) is 26.4. The van der Waals surface area contributed by atoms with E-state index in [1.54, 1.807) is 19.0 Å². The summed E-state index contributed by atoms with van der Waals surface area (Å²) in [6.45, 7) is 5.14. The van der Waals surface area contributed by atoms with Crippen LogP contribution in [0.15, 0.2) is 24.3 Å². The molecule has 0 heterocycles. The molecule has 0 aromatic heterocycles. The Hall–Kier alpha value is -2.04. The largest absolute Gasteiger partial charge is 0.445 e. The van der Waals surface area contributed by atoms with E-state index in [-0.39, 0.29) is 18.6 Å². The molecular weight excluding hydrogens is 280 g/mol. The van der Waals surface area contributed by atoms with Crippen molar-refractivity contribution in [2.75, 3.05) is 27.2 Å². The van der Waals surface area contributed by atoms with Gasteiger partial charge < -0.3 is 14.5 Å². The Morgan fingerprint density at radius 3 is 2.05 bits per heavy atom. The van der Waals surface area contributed by atoms with Gasteiger partial charge in [-0.1, -0.05) is 38.1 Å². The Balaban J connectivity index is 2.35. The number of rotatable bonds is 7. The van der Waals surface area contributed by atoms with Crippen molar-refractivity contribution in [3.63, 3.8) is 0 Å². The lowest BCUT2D eigenvalue weighted by molar-refractivity contribution is -0.129. The average Bonchev–Trinajstić information content (AvgIpc) is 2.56. The number of benzene rings is 1. The molecule has 0 N–H and O–H groups in total. The third-order valence-corrected chi connectivity index (χ3v) is 3.60. The zero-order valence-electron chi connectivity index (χ0n) is 14.0. The molecule has 0 spiro atoms. The predicted octanol–water partition coefficient (Wildman–Crippen LogP) is 2.69. The number of carbonyl (C=O) groups excluding carboxylic acids is 2. The molecule has 0 saturated carbocycles. The average molecular weight is 306 g/mol. The first-order chi connectivity index (χ1) is 10.5. The van der Waals surface area contributed by atoms with Crippen molar-refractivity contribution in [2.24, 2.45) is 0 Å². The fourth-order valence-corrected chi connectivity index (χ4v) is 1.91. The Morgan fingerprint density at radius 2 is 1.50 bits per heavy atom. The van der Waals surface area contributed by atoms with Gasteiger partial charge >= 0.3 is 6.09 Å². The summed E-state index contributed by atoms with van der Waals surface area (Å²) in [5.74, 6) is 0.0674. The molecule has 0 saturated heterocycles. The van der Waals surface area contributed by atoms with Gasteiger partial charge in [-0.2, -0.15) is 0 Å². The van der Waals surface area contributed by atoms with Gasteiger partial charge in [-0.3, -0.25) is 4.79 Å². The summed E-state index contributed by atoms with van der Waals surface area (Å²) in [7, 11) is 3.41. The van der Waals surface area contributed by atoms with E-state index in [2.05, 4.69) is 6.92 Å². The quantitative estimate of drug-likeness (QED) is 0.778. The van der Waals surface area contributed by atoms with Crippen LogP contribution in [0.25, 0.3) is 0 Å². The first-order valence-electron chi connectivity index (χ1n) is 7.67. The van der Waals surface area contributed by atoms with Crippen molar-refractivity contribution in [3.8, 4) is 0 Å². The lowest BCUT2D eigenvalue weighted by Crippen LogP contribution is -2.37. The van der Waals surface area contributed by atoms with Gasteiger partial charge in [0.25, 0.3) is 0 Å². The van der Waals surface area contributed by atoms with Gasteiger partial charge in [0.15, 0.2) is 0 Å². The van der Waals surface area contributed by atoms with Gasteiger partial charge in [0.2, 0.25) is 5.91 Å². The fourth-order valence-electron chi connectivity index (χ4n) is 1.91. The van der Waals surface area contributed by atoms with Crippen LogP contribution in [0.5, 0.6) is 0 Å². The van der Waals surface area contributed by atoms with E-state index in [1.807, 2.05) is 31.2 Å². The highest BCUT2D eigenvalue weighted by Gasteiger charge is 2.12. The Bertz CT molecular complexity index is 485. The van der Waals surface area contributed by atoms with E-state index in [0.717, 1.165) is 12.0 Å². The second-order valence-corrected chi connectivity index (χ2v) is 5.32. The van der Waals surface area contributed by atoms with Gasteiger partial charge in [0.05, 0.1) is 0 Å². The van der Waals surface area contributed by atoms with Crippen molar-refractivity contribution >= 4 is 12.0 Å². The molecule has 0 unspecified atom stereocenters. The third kappa shape index (κ3) is 5.76. The molecule has 0 fully saturated rings. The van der Waals surface area contributed by atoms with Crippen LogP contribution >= 0.6 is 0 Å².